The van der Waals surface area contributed by atoms with Crippen molar-refractivity contribution in [3.8, 4) is 0 Å². The number of oxime groups is 1. The van der Waals surface area contributed by atoms with E-state index in [4.69, 9.17) is 16.7 Å². The lowest BCUT2D eigenvalue weighted by molar-refractivity contribution is -0.121. The third kappa shape index (κ3) is 4.48. The number of nitrogens with two attached hydrogens (primary N) is 2. The number of amidine groups is 1. The van der Waals surface area contributed by atoms with Gasteiger partial charge in [-0.05, 0) is 5.56 Å². The van der Waals surface area contributed by atoms with Crippen LogP contribution in [0.15, 0.2) is 35.5 Å². The quantitative estimate of drug-likeness (QED) is 0.154. The van der Waals surface area contributed by atoms with Gasteiger partial charge >= 0.3 is 6.03 Å². The van der Waals surface area contributed by atoms with Crippen LogP contribution in [0.5, 0.6) is 0 Å². The first-order chi connectivity index (χ1) is 9.56. The van der Waals surface area contributed by atoms with Gasteiger partial charge in [0.1, 0.15) is 5.92 Å². The predicted octanol–water partition coefficient (Wildman–Crippen LogP) is -0.699. The summed E-state index contributed by atoms with van der Waals surface area (Å²) in [5.41, 5.74) is 11.0. The lowest BCUT2D eigenvalue weighted by Crippen LogP contribution is -2.41. The number of benzene rings is 1. The summed E-state index contributed by atoms with van der Waals surface area (Å²) in [7, 11) is 0. The standard InChI is InChI=1S/C12H17N5O3/c13-10(17-20)9(8-4-2-1-3-5-8)11(18)15-6-7-16-12(14)19/h1-5,9,20H,6-7H2,(H2,13,17)(H,15,18)(H3,14,16,19). The summed E-state index contributed by atoms with van der Waals surface area (Å²) in [5.74, 6) is -1.54. The predicted molar refractivity (Wildman–Crippen MR) is 73.2 cm³/mol. The van der Waals surface area contributed by atoms with E-state index in [2.05, 4.69) is 15.8 Å². The first-order valence-electron chi connectivity index (χ1n) is 5.89. The molecule has 8 nitrogen and oxygen atoms in total. The van der Waals surface area contributed by atoms with E-state index in [0.29, 0.717) is 5.56 Å². The second kappa shape index (κ2) is 7.62. The van der Waals surface area contributed by atoms with Gasteiger partial charge in [-0.15, -0.1) is 0 Å². The molecule has 7 N–H and O–H groups in total. The van der Waals surface area contributed by atoms with Crippen LogP contribution in [0.3, 0.4) is 0 Å². The van der Waals surface area contributed by atoms with Gasteiger partial charge in [-0.3, -0.25) is 4.79 Å². The normalized spacial score (nSPS) is 12.5. The average Bonchev–Trinajstić information content (AvgIpc) is 2.44. The van der Waals surface area contributed by atoms with Crippen LogP contribution in [-0.4, -0.2) is 36.1 Å². The fourth-order valence-corrected chi connectivity index (χ4v) is 1.63. The van der Waals surface area contributed by atoms with Crippen molar-refractivity contribution in [3.05, 3.63) is 35.9 Å². The zero-order valence-electron chi connectivity index (χ0n) is 10.7. The van der Waals surface area contributed by atoms with Gasteiger partial charge in [-0.2, -0.15) is 0 Å². The number of rotatable bonds is 6. The van der Waals surface area contributed by atoms with Gasteiger partial charge in [0.05, 0.1) is 0 Å². The maximum absolute atomic E-state index is 12.1. The number of primary amides is 1. The third-order valence-electron chi connectivity index (χ3n) is 2.53. The Morgan fingerprint density at radius 3 is 2.30 bits per heavy atom. The first kappa shape index (κ1) is 15.3. The third-order valence-corrected chi connectivity index (χ3v) is 2.53. The van der Waals surface area contributed by atoms with E-state index in [1.54, 1.807) is 30.3 Å². The highest BCUT2D eigenvalue weighted by molar-refractivity contribution is 6.07. The smallest absolute Gasteiger partial charge is 0.312 e. The van der Waals surface area contributed by atoms with Crippen molar-refractivity contribution in [3.63, 3.8) is 0 Å². The summed E-state index contributed by atoms with van der Waals surface area (Å²) < 4.78 is 0. The zero-order valence-corrected chi connectivity index (χ0v) is 10.7. The Balaban J connectivity index is 2.70. The van der Waals surface area contributed by atoms with Crippen molar-refractivity contribution < 1.29 is 14.8 Å². The summed E-state index contributed by atoms with van der Waals surface area (Å²) in [6.45, 7) is 0.378. The minimum Gasteiger partial charge on any atom is -0.409 e. The molecule has 1 aromatic rings. The van der Waals surface area contributed by atoms with Crippen LogP contribution in [0.4, 0.5) is 4.79 Å². The van der Waals surface area contributed by atoms with Crippen LogP contribution in [0.2, 0.25) is 0 Å². The molecule has 0 aliphatic heterocycles. The number of hydrogen-bond acceptors (Lipinski definition) is 4. The number of hydrogen-bond donors (Lipinski definition) is 5. The average molecular weight is 279 g/mol. The Morgan fingerprint density at radius 2 is 1.75 bits per heavy atom. The molecule has 20 heavy (non-hydrogen) atoms. The van der Waals surface area contributed by atoms with E-state index < -0.39 is 17.9 Å². The van der Waals surface area contributed by atoms with Crippen LogP contribution >= 0.6 is 0 Å². The van der Waals surface area contributed by atoms with Gasteiger partial charge in [0.15, 0.2) is 5.84 Å². The molecule has 0 aliphatic rings. The molecular weight excluding hydrogens is 262 g/mol. The number of carbonyl (C=O) groups excluding carboxylic acids is 2. The van der Waals surface area contributed by atoms with E-state index in [9.17, 15) is 9.59 Å². The lowest BCUT2D eigenvalue weighted by Gasteiger charge is -2.15. The summed E-state index contributed by atoms with van der Waals surface area (Å²) in [6.07, 6.45) is 0. The van der Waals surface area contributed by atoms with E-state index >= 15 is 0 Å². The molecule has 0 aliphatic carbocycles. The SMILES string of the molecule is NC(=O)NCCNC(=O)C(/C(N)=N/O)c1ccccc1. The Labute approximate surface area is 115 Å². The van der Waals surface area contributed by atoms with Crippen LogP contribution < -0.4 is 22.1 Å². The Hall–Kier alpha value is -2.77. The fraction of sp³-hybridized carbons (Fsp3) is 0.250. The monoisotopic (exact) mass is 279 g/mol. The van der Waals surface area contributed by atoms with Crippen molar-refractivity contribution in [2.24, 2.45) is 16.6 Å². The number of amides is 3. The highest BCUT2D eigenvalue weighted by Crippen LogP contribution is 2.15. The Kier molecular flexibility index (Phi) is 5.82. The van der Waals surface area contributed by atoms with Crippen LogP contribution in [-0.2, 0) is 4.79 Å². The summed E-state index contributed by atoms with van der Waals surface area (Å²) in [4.78, 5) is 22.5. The van der Waals surface area contributed by atoms with Crippen molar-refractivity contribution in [2.45, 2.75) is 5.92 Å². The topological polar surface area (TPSA) is 143 Å². The molecule has 0 heterocycles. The molecule has 0 spiro atoms. The number of urea groups is 1. The molecule has 0 bridgehead atoms. The van der Waals surface area contributed by atoms with Gasteiger partial charge in [0.2, 0.25) is 5.91 Å². The molecule has 0 radical (unpaired) electrons. The summed E-state index contributed by atoms with van der Waals surface area (Å²) >= 11 is 0. The van der Waals surface area contributed by atoms with Gasteiger partial charge in [-0.1, -0.05) is 35.5 Å². The molecule has 0 aromatic heterocycles. The van der Waals surface area contributed by atoms with Gasteiger partial charge in [0.25, 0.3) is 0 Å². The maximum Gasteiger partial charge on any atom is 0.312 e. The number of nitrogens with one attached hydrogen (secondary N) is 2. The zero-order chi connectivity index (χ0) is 15.0. The molecule has 1 rings (SSSR count). The van der Waals surface area contributed by atoms with Gasteiger partial charge in [-0.25, -0.2) is 4.79 Å². The van der Waals surface area contributed by atoms with Crippen molar-refractivity contribution >= 4 is 17.8 Å². The minimum atomic E-state index is -0.894. The molecule has 1 aromatic carbocycles. The molecule has 108 valence electrons. The highest BCUT2D eigenvalue weighted by atomic mass is 16.4. The van der Waals surface area contributed by atoms with Gasteiger partial charge < -0.3 is 27.3 Å². The summed E-state index contributed by atoms with van der Waals surface area (Å²) in [6, 6.07) is 8.01. The second-order valence-electron chi connectivity index (χ2n) is 3.95. The second-order valence-corrected chi connectivity index (χ2v) is 3.95. The van der Waals surface area contributed by atoms with Crippen molar-refractivity contribution in [1.82, 2.24) is 10.6 Å². The van der Waals surface area contributed by atoms with Crippen LogP contribution in [0, 0.1) is 0 Å². The molecule has 1 atom stereocenters. The summed E-state index contributed by atoms with van der Waals surface area (Å²) in [5, 5.41) is 16.6. The first-order valence-corrected chi connectivity index (χ1v) is 5.89. The molecule has 1 unspecified atom stereocenters. The highest BCUT2D eigenvalue weighted by Gasteiger charge is 2.24. The number of nitrogens with zero attached hydrogens (tertiary/aromatic N) is 1. The van der Waals surface area contributed by atoms with Gasteiger partial charge in [0, 0.05) is 13.1 Å². The largest absolute Gasteiger partial charge is 0.409 e. The van der Waals surface area contributed by atoms with Crippen LogP contribution in [0.25, 0.3) is 0 Å². The molecule has 0 fully saturated rings. The molecule has 0 saturated carbocycles. The minimum absolute atomic E-state index is 0.184. The molecule has 3 amide bonds. The van der Waals surface area contributed by atoms with Crippen molar-refractivity contribution in [2.75, 3.05) is 13.1 Å². The molecular formula is C12H17N5O3. The van der Waals surface area contributed by atoms with Crippen molar-refractivity contribution in [1.29, 1.82) is 0 Å². The Bertz CT molecular complexity index is 489. The Morgan fingerprint density at radius 1 is 1.15 bits per heavy atom. The van der Waals surface area contributed by atoms with E-state index in [-0.39, 0.29) is 18.9 Å². The van der Waals surface area contributed by atoms with E-state index in [0.717, 1.165) is 0 Å². The molecule has 0 saturated heterocycles. The van der Waals surface area contributed by atoms with E-state index in [1.807, 2.05) is 0 Å². The number of carbonyl (C=O) groups is 2. The van der Waals surface area contributed by atoms with E-state index in [1.165, 1.54) is 0 Å². The lowest BCUT2D eigenvalue weighted by atomic mass is 9.97. The maximum atomic E-state index is 12.1. The fourth-order valence-electron chi connectivity index (χ4n) is 1.63. The van der Waals surface area contributed by atoms with Crippen LogP contribution in [0.1, 0.15) is 11.5 Å². The molecule has 8 heteroatoms.